The van der Waals surface area contributed by atoms with E-state index in [0.717, 1.165) is 10.0 Å². The third-order valence-corrected chi connectivity index (χ3v) is 5.12. The highest BCUT2D eigenvalue weighted by molar-refractivity contribution is 9.10. The molecule has 2 nitrogen and oxygen atoms in total. The van der Waals surface area contributed by atoms with Crippen molar-refractivity contribution in [3.63, 3.8) is 0 Å². The van der Waals surface area contributed by atoms with Crippen molar-refractivity contribution in [1.82, 2.24) is 4.90 Å². The number of amides is 1. The predicted molar refractivity (Wildman–Crippen MR) is 86.0 cm³/mol. The molecule has 100 valence electrons. The van der Waals surface area contributed by atoms with Gasteiger partial charge in [-0.05, 0) is 52.5 Å². The molecule has 0 atom stereocenters. The molecule has 0 radical (unpaired) electrons. The van der Waals surface area contributed by atoms with E-state index in [4.69, 9.17) is 0 Å². The van der Waals surface area contributed by atoms with Crippen LogP contribution in [-0.2, 0) is 6.54 Å². The molecule has 0 saturated carbocycles. The molecule has 0 aliphatic heterocycles. The van der Waals surface area contributed by atoms with Gasteiger partial charge in [0.2, 0.25) is 0 Å². The highest BCUT2D eigenvalue weighted by Gasteiger charge is 2.12. The average molecular weight is 356 g/mol. The lowest BCUT2D eigenvalue weighted by molar-refractivity contribution is 0.0786. The minimum absolute atomic E-state index is 0.0529. The van der Waals surface area contributed by atoms with Gasteiger partial charge in [0.25, 0.3) is 5.91 Å². The molecule has 1 amide bonds. The second-order valence-corrected chi connectivity index (χ2v) is 6.91. The molecule has 2 rings (SSSR count). The van der Waals surface area contributed by atoms with Gasteiger partial charge in [0.15, 0.2) is 0 Å². The Morgan fingerprint density at radius 3 is 2.58 bits per heavy atom. The Bertz CT molecular complexity index is 565. The van der Waals surface area contributed by atoms with Crippen LogP contribution in [-0.4, -0.2) is 24.1 Å². The number of carbonyl (C=O) groups is 1. The number of thiophene rings is 1. The molecule has 1 heterocycles. The molecular weight excluding hydrogens is 342 g/mol. The van der Waals surface area contributed by atoms with Gasteiger partial charge in [-0.1, -0.05) is 0 Å². The monoisotopic (exact) mass is 355 g/mol. The lowest BCUT2D eigenvalue weighted by atomic mass is 10.2. The first kappa shape index (κ1) is 14.6. The second-order valence-electron chi connectivity index (χ2n) is 4.12. The third kappa shape index (κ3) is 3.84. The fraction of sp³-hybridized carbons (Fsp3) is 0.214. The van der Waals surface area contributed by atoms with E-state index in [1.54, 1.807) is 28.0 Å². The zero-order chi connectivity index (χ0) is 13.8. The van der Waals surface area contributed by atoms with Crippen LogP contribution in [0.1, 0.15) is 15.2 Å². The van der Waals surface area contributed by atoms with E-state index in [0.29, 0.717) is 6.54 Å². The minimum Gasteiger partial charge on any atom is -0.337 e. The SMILES string of the molecule is CSc1ccc(C(=O)N(C)Cc2cc(Br)cs2)cc1. The van der Waals surface area contributed by atoms with Crippen molar-refractivity contribution in [3.05, 3.63) is 50.6 Å². The molecule has 1 aromatic carbocycles. The summed E-state index contributed by atoms with van der Waals surface area (Å²) >= 11 is 6.75. The number of rotatable bonds is 4. The maximum Gasteiger partial charge on any atom is 0.253 e. The normalized spacial score (nSPS) is 10.5. The summed E-state index contributed by atoms with van der Waals surface area (Å²) in [6.45, 7) is 0.638. The van der Waals surface area contributed by atoms with E-state index in [1.807, 2.05) is 49.0 Å². The Kier molecular flexibility index (Phi) is 5.07. The number of halogens is 1. The van der Waals surface area contributed by atoms with E-state index in [9.17, 15) is 4.79 Å². The first-order chi connectivity index (χ1) is 9.10. The highest BCUT2D eigenvalue weighted by Crippen LogP contribution is 2.22. The Labute approximate surface area is 130 Å². The summed E-state index contributed by atoms with van der Waals surface area (Å²) in [4.78, 5) is 16.3. The number of carbonyl (C=O) groups excluding carboxylic acids is 1. The van der Waals surface area contributed by atoms with Crippen molar-refractivity contribution in [2.75, 3.05) is 13.3 Å². The van der Waals surface area contributed by atoms with Crippen LogP contribution in [0, 0.1) is 0 Å². The molecule has 0 aliphatic rings. The quantitative estimate of drug-likeness (QED) is 0.752. The van der Waals surface area contributed by atoms with Gasteiger partial charge in [-0.2, -0.15) is 0 Å². The van der Waals surface area contributed by atoms with Crippen LogP contribution < -0.4 is 0 Å². The van der Waals surface area contributed by atoms with Crippen LogP contribution in [0.4, 0.5) is 0 Å². The van der Waals surface area contributed by atoms with Crippen LogP contribution >= 0.6 is 39.0 Å². The van der Waals surface area contributed by atoms with Gasteiger partial charge in [0.1, 0.15) is 0 Å². The molecule has 0 aliphatic carbocycles. The summed E-state index contributed by atoms with van der Waals surface area (Å²) in [6, 6.07) is 9.77. The zero-order valence-corrected chi connectivity index (χ0v) is 13.9. The van der Waals surface area contributed by atoms with Crippen molar-refractivity contribution in [2.24, 2.45) is 0 Å². The summed E-state index contributed by atoms with van der Waals surface area (Å²) in [5, 5.41) is 2.03. The molecule has 0 bridgehead atoms. The molecule has 0 saturated heterocycles. The molecule has 19 heavy (non-hydrogen) atoms. The van der Waals surface area contributed by atoms with Crippen molar-refractivity contribution in [2.45, 2.75) is 11.4 Å². The molecule has 0 spiro atoms. The van der Waals surface area contributed by atoms with E-state index in [1.165, 1.54) is 9.77 Å². The van der Waals surface area contributed by atoms with Crippen molar-refractivity contribution in [1.29, 1.82) is 0 Å². The van der Waals surface area contributed by atoms with Gasteiger partial charge in [-0.3, -0.25) is 4.79 Å². The van der Waals surface area contributed by atoms with E-state index >= 15 is 0 Å². The standard InChI is InChI=1S/C14H14BrNOS2/c1-16(8-13-7-11(15)9-19-13)14(17)10-3-5-12(18-2)6-4-10/h3-7,9H,8H2,1-2H3. The van der Waals surface area contributed by atoms with Gasteiger partial charge in [-0.15, -0.1) is 23.1 Å². The maximum atomic E-state index is 12.3. The van der Waals surface area contributed by atoms with Crippen molar-refractivity contribution >= 4 is 44.9 Å². The number of thioether (sulfide) groups is 1. The van der Waals surface area contributed by atoms with Crippen LogP contribution in [0.3, 0.4) is 0 Å². The molecule has 0 N–H and O–H groups in total. The fourth-order valence-corrected chi connectivity index (χ4v) is 3.61. The lowest BCUT2D eigenvalue weighted by Gasteiger charge is -2.16. The number of hydrogen-bond donors (Lipinski definition) is 0. The van der Waals surface area contributed by atoms with Crippen molar-refractivity contribution in [3.8, 4) is 0 Å². The summed E-state index contributed by atoms with van der Waals surface area (Å²) in [5.74, 6) is 0.0529. The van der Waals surface area contributed by atoms with Crippen LogP contribution in [0.5, 0.6) is 0 Å². The van der Waals surface area contributed by atoms with Gasteiger partial charge in [0, 0.05) is 32.2 Å². The average Bonchev–Trinajstić information content (AvgIpc) is 2.83. The lowest BCUT2D eigenvalue weighted by Crippen LogP contribution is -2.25. The van der Waals surface area contributed by atoms with E-state index in [-0.39, 0.29) is 5.91 Å². The first-order valence-corrected chi connectivity index (χ1v) is 8.62. The van der Waals surface area contributed by atoms with E-state index < -0.39 is 0 Å². The van der Waals surface area contributed by atoms with Gasteiger partial charge >= 0.3 is 0 Å². The van der Waals surface area contributed by atoms with E-state index in [2.05, 4.69) is 15.9 Å². The topological polar surface area (TPSA) is 20.3 Å². The fourth-order valence-electron chi connectivity index (χ4n) is 1.70. The Hall–Kier alpha value is -0.780. The van der Waals surface area contributed by atoms with Gasteiger partial charge in [0.05, 0.1) is 6.54 Å². The number of benzene rings is 1. The second kappa shape index (κ2) is 6.59. The molecule has 2 aromatic rings. The third-order valence-electron chi connectivity index (χ3n) is 2.70. The van der Waals surface area contributed by atoms with Gasteiger partial charge < -0.3 is 4.90 Å². The summed E-state index contributed by atoms with van der Waals surface area (Å²) < 4.78 is 1.07. The molecule has 0 unspecified atom stereocenters. The van der Waals surface area contributed by atoms with Crippen molar-refractivity contribution < 1.29 is 4.79 Å². The molecular formula is C14H14BrNOS2. The summed E-state index contributed by atoms with van der Waals surface area (Å²) in [5.41, 5.74) is 0.732. The Balaban J connectivity index is 2.05. The van der Waals surface area contributed by atoms with Gasteiger partial charge in [-0.25, -0.2) is 0 Å². The number of hydrogen-bond acceptors (Lipinski definition) is 3. The Morgan fingerprint density at radius 1 is 1.37 bits per heavy atom. The Morgan fingerprint density at radius 2 is 2.05 bits per heavy atom. The molecule has 5 heteroatoms. The van der Waals surface area contributed by atoms with Crippen LogP contribution in [0.15, 0.2) is 45.1 Å². The summed E-state index contributed by atoms with van der Waals surface area (Å²) in [6.07, 6.45) is 2.03. The largest absolute Gasteiger partial charge is 0.337 e. The van der Waals surface area contributed by atoms with Crippen LogP contribution in [0.2, 0.25) is 0 Å². The highest BCUT2D eigenvalue weighted by atomic mass is 79.9. The molecule has 1 aromatic heterocycles. The summed E-state index contributed by atoms with van der Waals surface area (Å²) in [7, 11) is 1.83. The first-order valence-electron chi connectivity index (χ1n) is 5.72. The zero-order valence-electron chi connectivity index (χ0n) is 10.7. The maximum absolute atomic E-state index is 12.3. The minimum atomic E-state index is 0.0529. The predicted octanol–water partition coefficient (Wildman–Crippen LogP) is 4.50. The molecule has 0 fully saturated rings. The smallest absolute Gasteiger partial charge is 0.253 e. The number of nitrogens with zero attached hydrogens (tertiary/aromatic N) is 1. The van der Waals surface area contributed by atoms with Crippen LogP contribution in [0.25, 0.3) is 0 Å².